The highest BCUT2D eigenvalue weighted by atomic mass is 16.6. The van der Waals surface area contributed by atoms with Crippen LogP contribution in [0.15, 0.2) is 55.1 Å². The van der Waals surface area contributed by atoms with Crippen LogP contribution in [-0.2, 0) is 16.0 Å². The zero-order valence-electron chi connectivity index (χ0n) is 25.9. The fraction of sp³-hybridized carbons (Fsp3) is 0.486. The molecule has 0 spiro atoms. The molecule has 4 aliphatic rings. The van der Waals surface area contributed by atoms with Crippen LogP contribution in [0.4, 0.5) is 0 Å². The van der Waals surface area contributed by atoms with Crippen molar-refractivity contribution in [3.8, 4) is 28.8 Å². The van der Waals surface area contributed by atoms with E-state index in [-0.39, 0.29) is 18.1 Å². The predicted molar refractivity (Wildman–Crippen MR) is 167 cm³/mol. The van der Waals surface area contributed by atoms with Gasteiger partial charge in [-0.05, 0) is 48.8 Å². The van der Waals surface area contributed by atoms with Crippen LogP contribution < -0.4 is 9.47 Å². The third-order valence-corrected chi connectivity index (χ3v) is 10.4. The number of aliphatic hydroxyl groups is 1. The van der Waals surface area contributed by atoms with Crippen molar-refractivity contribution in [2.45, 2.75) is 50.0 Å². The Morgan fingerprint density at radius 1 is 1.02 bits per heavy atom. The number of nitriles is 1. The summed E-state index contributed by atoms with van der Waals surface area (Å²) in [6.45, 7) is 4.36. The molecule has 1 aliphatic carbocycles. The maximum atomic E-state index is 10.1. The molecule has 4 aromatic rings. The van der Waals surface area contributed by atoms with E-state index in [0.29, 0.717) is 54.8 Å². The van der Waals surface area contributed by atoms with Crippen molar-refractivity contribution < 1.29 is 24.1 Å². The second-order valence-electron chi connectivity index (χ2n) is 13.1. The Hall–Kier alpha value is -4.08. The number of aliphatic hydroxyl groups excluding tert-OH is 1. The van der Waals surface area contributed by atoms with Crippen molar-refractivity contribution in [1.82, 2.24) is 24.5 Å². The zero-order valence-corrected chi connectivity index (χ0v) is 25.9. The smallest absolute Gasteiger partial charge is 0.212 e. The number of nitrogens with zero attached hydrogens (tertiary/aromatic N) is 6. The lowest BCUT2D eigenvalue weighted by molar-refractivity contribution is 0.0163. The van der Waals surface area contributed by atoms with Crippen molar-refractivity contribution >= 4 is 5.52 Å². The monoisotopic (exact) mass is 622 g/mol. The van der Waals surface area contributed by atoms with E-state index >= 15 is 0 Å². The lowest BCUT2D eigenvalue weighted by Crippen LogP contribution is -2.40. The Bertz CT molecular complexity index is 1720. The van der Waals surface area contributed by atoms with E-state index in [1.54, 1.807) is 17.8 Å². The number of hydrogen-bond acceptors (Lipinski definition) is 10. The Balaban J connectivity index is 0.974. The van der Waals surface area contributed by atoms with Gasteiger partial charge in [-0.15, -0.1) is 0 Å². The summed E-state index contributed by atoms with van der Waals surface area (Å²) >= 11 is 0. The van der Waals surface area contributed by atoms with Gasteiger partial charge in [-0.1, -0.05) is 12.1 Å². The lowest BCUT2D eigenvalue weighted by Gasteiger charge is -2.37. The van der Waals surface area contributed by atoms with Crippen LogP contribution in [-0.4, -0.2) is 87.9 Å². The van der Waals surface area contributed by atoms with Crippen molar-refractivity contribution in [3.05, 3.63) is 71.9 Å². The van der Waals surface area contributed by atoms with Gasteiger partial charge >= 0.3 is 0 Å². The molecule has 4 aromatic heterocycles. The Labute approximate surface area is 267 Å². The minimum atomic E-state index is -0.555. The van der Waals surface area contributed by atoms with E-state index in [9.17, 15) is 10.4 Å². The fourth-order valence-corrected chi connectivity index (χ4v) is 8.19. The largest absolute Gasteiger partial charge is 0.492 e. The van der Waals surface area contributed by atoms with Gasteiger partial charge in [0.25, 0.3) is 0 Å². The molecule has 0 amide bonds. The number of methoxy groups -OCH3 is 1. The maximum Gasteiger partial charge on any atom is 0.212 e. The molecule has 11 heteroatoms. The Morgan fingerprint density at radius 3 is 2.61 bits per heavy atom. The molecule has 0 radical (unpaired) electrons. The number of pyridine rings is 3. The average molecular weight is 623 g/mol. The molecule has 3 aliphatic heterocycles. The van der Waals surface area contributed by atoms with Crippen LogP contribution in [0, 0.1) is 29.1 Å². The van der Waals surface area contributed by atoms with Gasteiger partial charge < -0.3 is 24.1 Å². The van der Waals surface area contributed by atoms with Crippen molar-refractivity contribution in [1.29, 1.82) is 5.26 Å². The zero-order chi connectivity index (χ0) is 31.2. The van der Waals surface area contributed by atoms with Gasteiger partial charge in [0.05, 0.1) is 56.5 Å². The molecule has 11 nitrogen and oxygen atoms in total. The lowest BCUT2D eigenvalue weighted by atomic mass is 9.82. The summed E-state index contributed by atoms with van der Waals surface area (Å²) in [5.41, 5.74) is 5.40. The molecular weight excluding hydrogens is 584 g/mol. The van der Waals surface area contributed by atoms with Crippen molar-refractivity contribution in [3.63, 3.8) is 0 Å². The number of aromatic nitrogens is 4. The SMILES string of the molecule is COc1ccc(CN2CC3CCC(C2)C3c2ccc(-c3cc(OCCC4COC5C(O)COC45)cn4ncc(C#N)c34)cn2)cn1. The molecule has 3 saturated heterocycles. The topological polar surface area (TPSA) is 127 Å². The molecule has 7 heterocycles. The van der Waals surface area contributed by atoms with Gasteiger partial charge in [0.1, 0.15) is 24.0 Å². The second kappa shape index (κ2) is 12.3. The first-order valence-electron chi connectivity index (χ1n) is 16.2. The molecule has 8 rings (SSSR count). The first-order chi connectivity index (χ1) is 22.6. The molecule has 238 valence electrons. The molecule has 0 aromatic carbocycles. The summed E-state index contributed by atoms with van der Waals surface area (Å²) in [6.07, 6.45) is 9.58. The molecule has 46 heavy (non-hydrogen) atoms. The van der Waals surface area contributed by atoms with Gasteiger partial charge in [-0.3, -0.25) is 9.88 Å². The highest BCUT2D eigenvalue weighted by Gasteiger charge is 2.47. The number of rotatable bonds is 9. The summed E-state index contributed by atoms with van der Waals surface area (Å²) in [7, 11) is 1.64. The minimum Gasteiger partial charge on any atom is -0.492 e. The summed E-state index contributed by atoms with van der Waals surface area (Å²) in [5.74, 6) is 3.08. The number of fused-ring (bicyclic) bond motifs is 4. The van der Waals surface area contributed by atoms with Crippen molar-refractivity contribution in [2.24, 2.45) is 17.8 Å². The van der Waals surface area contributed by atoms with Crippen LogP contribution in [0.2, 0.25) is 0 Å². The quantitative estimate of drug-likeness (QED) is 0.294. The molecule has 6 unspecified atom stereocenters. The van der Waals surface area contributed by atoms with Crippen molar-refractivity contribution in [2.75, 3.05) is 40.0 Å². The molecule has 4 fully saturated rings. The minimum absolute atomic E-state index is 0.0845. The second-order valence-corrected chi connectivity index (χ2v) is 13.1. The average Bonchev–Trinajstić information content (AvgIpc) is 3.85. The molecule has 1 saturated carbocycles. The highest BCUT2D eigenvalue weighted by molar-refractivity contribution is 5.85. The van der Waals surface area contributed by atoms with Gasteiger partial charge in [0, 0.05) is 66.8 Å². The van der Waals surface area contributed by atoms with Crippen LogP contribution in [0.25, 0.3) is 16.6 Å². The van der Waals surface area contributed by atoms with E-state index < -0.39 is 6.10 Å². The van der Waals surface area contributed by atoms with Crippen LogP contribution in [0.3, 0.4) is 0 Å². The molecule has 2 bridgehead atoms. The third-order valence-electron chi connectivity index (χ3n) is 10.4. The van der Waals surface area contributed by atoms with Gasteiger partial charge in [0.15, 0.2) is 0 Å². The van der Waals surface area contributed by atoms with E-state index in [4.69, 9.17) is 23.9 Å². The standard InChI is InChI=1S/C35H38N6O5/c1-43-31-7-2-21(12-38-31)15-40-16-23-3-4-24(17-40)32(23)29-6-5-22(13-37-29)28-10-27(18-41-33(28)26(11-36)14-39-41)44-9-8-25-19-45-35-30(42)20-46-34(25)35/h2,5-7,10,12-14,18,23-25,30,32,34-35,42H,3-4,8-9,15-17,19-20H2,1H3. The number of piperidine rings is 1. The highest BCUT2D eigenvalue weighted by Crippen LogP contribution is 2.48. The number of likely N-dealkylation sites (tertiary alicyclic amines) is 1. The molecule has 6 atom stereocenters. The van der Waals surface area contributed by atoms with E-state index in [0.717, 1.165) is 48.4 Å². The maximum absolute atomic E-state index is 10.1. The van der Waals surface area contributed by atoms with E-state index in [1.165, 1.54) is 18.4 Å². The third kappa shape index (κ3) is 5.39. The Kier molecular flexibility index (Phi) is 7.82. The van der Waals surface area contributed by atoms with Crippen LogP contribution >= 0.6 is 0 Å². The first-order valence-corrected chi connectivity index (χ1v) is 16.2. The van der Waals surface area contributed by atoms with Crippen LogP contribution in [0.1, 0.15) is 42.0 Å². The predicted octanol–water partition coefficient (Wildman–Crippen LogP) is 3.84. The number of hydrogen-bond donors (Lipinski definition) is 1. The fourth-order valence-electron chi connectivity index (χ4n) is 8.19. The summed E-state index contributed by atoms with van der Waals surface area (Å²) in [6, 6.07) is 12.6. The van der Waals surface area contributed by atoms with Gasteiger partial charge in [-0.2, -0.15) is 10.4 Å². The summed E-state index contributed by atoms with van der Waals surface area (Å²) < 4.78 is 24.7. The van der Waals surface area contributed by atoms with Gasteiger partial charge in [0.2, 0.25) is 5.88 Å². The summed E-state index contributed by atoms with van der Waals surface area (Å²) in [5, 5.41) is 24.3. The van der Waals surface area contributed by atoms with E-state index in [2.05, 4.69) is 39.3 Å². The molecular formula is C35H38N6O5. The normalized spacial score (nSPS) is 28.8. The summed E-state index contributed by atoms with van der Waals surface area (Å²) in [4.78, 5) is 12.0. The van der Waals surface area contributed by atoms with Crippen LogP contribution in [0.5, 0.6) is 11.6 Å². The first kappa shape index (κ1) is 29.3. The van der Waals surface area contributed by atoms with E-state index in [1.807, 2.05) is 30.7 Å². The Morgan fingerprint density at radius 2 is 1.87 bits per heavy atom. The molecule has 1 N–H and O–H groups in total. The number of ether oxygens (including phenoxy) is 4. The van der Waals surface area contributed by atoms with Gasteiger partial charge in [-0.25, -0.2) is 9.50 Å².